The Kier molecular flexibility index (Phi) is 8.37. The van der Waals surface area contributed by atoms with Crippen molar-refractivity contribution in [3.05, 3.63) is 65.5 Å². The molecule has 0 unspecified atom stereocenters. The average Bonchev–Trinajstić information content (AvgIpc) is 2.91. The van der Waals surface area contributed by atoms with Crippen LogP contribution < -0.4 is 10.2 Å². The smallest absolute Gasteiger partial charge is 0.223 e. The molecule has 0 radical (unpaired) electrons. The Labute approximate surface area is 207 Å². The van der Waals surface area contributed by atoms with Crippen molar-refractivity contribution in [2.45, 2.75) is 38.6 Å². The van der Waals surface area contributed by atoms with Crippen molar-refractivity contribution in [2.75, 3.05) is 44.2 Å². The van der Waals surface area contributed by atoms with Crippen LogP contribution in [0.4, 0.5) is 10.1 Å². The molecule has 6 nitrogen and oxygen atoms in total. The van der Waals surface area contributed by atoms with Gasteiger partial charge in [-0.2, -0.15) is 5.26 Å². The molecule has 2 aliphatic rings. The quantitative estimate of drug-likeness (QED) is 0.605. The fourth-order valence-corrected chi connectivity index (χ4v) is 5.30. The van der Waals surface area contributed by atoms with Gasteiger partial charge in [-0.25, -0.2) is 4.39 Å². The Morgan fingerprint density at radius 3 is 2.49 bits per heavy atom. The van der Waals surface area contributed by atoms with Gasteiger partial charge in [-0.3, -0.25) is 9.69 Å². The number of amides is 1. The van der Waals surface area contributed by atoms with Crippen LogP contribution in [-0.2, 0) is 11.3 Å². The van der Waals surface area contributed by atoms with Gasteiger partial charge in [0.1, 0.15) is 11.9 Å². The Bertz CT molecular complexity index is 1020. The van der Waals surface area contributed by atoms with E-state index in [1.807, 2.05) is 12.1 Å². The van der Waals surface area contributed by atoms with Gasteiger partial charge in [-0.15, -0.1) is 0 Å². The number of aliphatic hydroxyl groups is 1. The first-order valence-corrected chi connectivity index (χ1v) is 12.6. The van der Waals surface area contributed by atoms with E-state index in [0.717, 1.165) is 57.4 Å². The number of hydrogen-bond donors (Lipinski definition) is 2. The van der Waals surface area contributed by atoms with Gasteiger partial charge in [0.2, 0.25) is 5.91 Å². The fourth-order valence-electron chi connectivity index (χ4n) is 5.30. The number of carbonyl (C=O) groups is 1. The van der Waals surface area contributed by atoms with E-state index in [4.69, 9.17) is 5.26 Å². The molecular weight excluding hydrogens is 443 g/mol. The molecule has 0 aromatic heterocycles. The van der Waals surface area contributed by atoms with Gasteiger partial charge in [0.15, 0.2) is 0 Å². The third-order valence-corrected chi connectivity index (χ3v) is 7.76. The van der Waals surface area contributed by atoms with Crippen LogP contribution in [-0.4, -0.2) is 55.2 Å². The minimum Gasteiger partial charge on any atom is -0.396 e. The minimum atomic E-state index is -0.506. The van der Waals surface area contributed by atoms with Crippen LogP contribution in [0.5, 0.6) is 0 Å². The molecular formula is C28H35FN4O2. The Hall–Kier alpha value is -2.95. The number of halogens is 1. The number of hydrogen-bond acceptors (Lipinski definition) is 5. The molecule has 2 fully saturated rings. The molecule has 186 valence electrons. The van der Waals surface area contributed by atoms with Gasteiger partial charge in [0.05, 0.1) is 5.56 Å². The maximum atomic E-state index is 13.6. The molecule has 2 aromatic carbocycles. The predicted molar refractivity (Wildman–Crippen MR) is 134 cm³/mol. The molecule has 2 aromatic rings. The first-order valence-electron chi connectivity index (χ1n) is 12.6. The van der Waals surface area contributed by atoms with E-state index < -0.39 is 5.82 Å². The summed E-state index contributed by atoms with van der Waals surface area (Å²) >= 11 is 0. The zero-order valence-corrected chi connectivity index (χ0v) is 20.3. The highest BCUT2D eigenvalue weighted by Gasteiger charge is 2.34. The van der Waals surface area contributed by atoms with E-state index >= 15 is 0 Å². The zero-order valence-electron chi connectivity index (χ0n) is 20.3. The number of nitrogens with zero attached hydrogens (tertiary/aromatic N) is 3. The first-order chi connectivity index (χ1) is 17.0. The lowest BCUT2D eigenvalue weighted by Crippen LogP contribution is -2.45. The van der Waals surface area contributed by atoms with Gasteiger partial charge in [0, 0.05) is 44.4 Å². The minimum absolute atomic E-state index is 0.0417. The summed E-state index contributed by atoms with van der Waals surface area (Å²) in [6.07, 6.45) is 4.12. The van der Waals surface area contributed by atoms with Crippen LogP contribution in [0.1, 0.15) is 43.2 Å². The summed E-state index contributed by atoms with van der Waals surface area (Å²) in [6, 6.07) is 17.0. The third kappa shape index (κ3) is 6.39. The molecule has 7 heteroatoms. The largest absolute Gasteiger partial charge is 0.396 e. The number of nitrogens with one attached hydrogen (secondary N) is 1. The zero-order chi connectivity index (χ0) is 24.7. The summed E-state index contributed by atoms with van der Waals surface area (Å²) < 4.78 is 13.6. The number of carbonyl (C=O) groups excluding carboxylic acids is 1. The van der Waals surface area contributed by atoms with E-state index in [1.165, 1.54) is 11.6 Å². The van der Waals surface area contributed by atoms with Crippen molar-refractivity contribution in [3.8, 4) is 6.07 Å². The molecule has 2 heterocycles. The van der Waals surface area contributed by atoms with Crippen molar-refractivity contribution >= 4 is 11.6 Å². The second-order valence-corrected chi connectivity index (χ2v) is 10.00. The molecule has 35 heavy (non-hydrogen) atoms. The van der Waals surface area contributed by atoms with Crippen molar-refractivity contribution in [2.24, 2.45) is 11.3 Å². The predicted octanol–water partition coefficient (Wildman–Crippen LogP) is 3.69. The van der Waals surface area contributed by atoms with Gasteiger partial charge < -0.3 is 15.3 Å². The number of benzene rings is 2. The number of aliphatic hydroxyl groups excluding tert-OH is 1. The lowest BCUT2D eigenvalue weighted by Gasteiger charge is -2.41. The summed E-state index contributed by atoms with van der Waals surface area (Å²) in [5.41, 5.74) is 2.06. The molecule has 0 atom stereocenters. The van der Waals surface area contributed by atoms with Crippen molar-refractivity contribution in [1.29, 1.82) is 5.26 Å². The molecule has 2 aliphatic heterocycles. The summed E-state index contributed by atoms with van der Waals surface area (Å²) in [5.74, 6) is -0.468. The van der Waals surface area contributed by atoms with Crippen LogP contribution >= 0.6 is 0 Å². The molecule has 0 bridgehead atoms. The molecule has 0 aliphatic carbocycles. The van der Waals surface area contributed by atoms with Crippen LogP contribution in [0.2, 0.25) is 0 Å². The Morgan fingerprint density at radius 2 is 1.83 bits per heavy atom. The van der Waals surface area contributed by atoms with Gasteiger partial charge >= 0.3 is 0 Å². The van der Waals surface area contributed by atoms with E-state index in [-0.39, 0.29) is 29.4 Å². The molecule has 2 N–H and O–H groups in total. The highest BCUT2D eigenvalue weighted by Crippen LogP contribution is 2.35. The van der Waals surface area contributed by atoms with E-state index in [1.54, 1.807) is 12.1 Å². The number of rotatable bonds is 8. The summed E-state index contributed by atoms with van der Waals surface area (Å²) in [4.78, 5) is 17.3. The van der Waals surface area contributed by atoms with Crippen LogP contribution in [0.3, 0.4) is 0 Å². The van der Waals surface area contributed by atoms with Gasteiger partial charge in [0.25, 0.3) is 0 Å². The van der Waals surface area contributed by atoms with Crippen molar-refractivity contribution in [1.82, 2.24) is 10.2 Å². The highest BCUT2D eigenvalue weighted by atomic mass is 19.1. The second kappa shape index (κ2) is 11.7. The van der Waals surface area contributed by atoms with E-state index in [0.29, 0.717) is 19.6 Å². The highest BCUT2D eigenvalue weighted by molar-refractivity contribution is 5.79. The molecule has 2 saturated heterocycles. The number of anilines is 1. The number of likely N-dealkylation sites (tertiary alicyclic amines) is 1. The summed E-state index contributed by atoms with van der Waals surface area (Å²) in [6.45, 7) is 4.99. The fraction of sp³-hybridized carbons (Fsp3) is 0.500. The topological polar surface area (TPSA) is 79.6 Å². The lowest BCUT2D eigenvalue weighted by molar-refractivity contribution is -0.125. The van der Waals surface area contributed by atoms with E-state index in [9.17, 15) is 14.3 Å². The van der Waals surface area contributed by atoms with Crippen LogP contribution in [0.25, 0.3) is 0 Å². The van der Waals surface area contributed by atoms with Gasteiger partial charge in [-0.05, 0) is 74.4 Å². The third-order valence-electron chi connectivity index (χ3n) is 7.76. The van der Waals surface area contributed by atoms with Gasteiger partial charge in [-0.1, -0.05) is 30.3 Å². The SMILES string of the molecule is N#Cc1cc(N2CCC(C(=O)NCCC3(CO)CCN(Cc4ccccc4)CC3)CC2)ccc1F. The Morgan fingerprint density at radius 1 is 1.11 bits per heavy atom. The van der Waals surface area contributed by atoms with Crippen LogP contribution in [0, 0.1) is 28.5 Å². The number of nitriles is 1. The summed E-state index contributed by atoms with van der Waals surface area (Å²) in [5, 5.41) is 22.3. The van der Waals surface area contributed by atoms with Crippen molar-refractivity contribution < 1.29 is 14.3 Å². The number of piperidine rings is 2. The van der Waals surface area contributed by atoms with E-state index in [2.05, 4.69) is 39.4 Å². The average molecular weight is 479 g/mol. The lowest BCUT2D eigenvalue weighted by atomic mass is 9.76. The first kappa shape index (κ1) is 25.2. The molecule has 0 spiro atoms. The standard InChI is InChI=1S/C28H35FN4O2/c29-26-7-6-25(18-24(26)19-30)33-14-8-23(9-15-33)27(35)31-13-10-28(21-34)11-16-32(17-12-28)20-22-4-2-1-3-5-22/h1-7,18,23,34H,8-17,20-21H2,(H,31,35). The molecule has 0 saturated carbocycles. The maximum Gasteiger partial charge on any atom is 0.223 e. The summed E-state index contributed by atoms with van der Waals surface area (Å²) in [7, 11) is 0. The van der Waals surface area contributed by atoms with Crippen molar-refractivity contribution in [3.63, 3.8) is 0 Å². The normalized spacial score (nSPS) is 18.7. The Balaban J connectivity index is 1.19. The monoisotopic (exact) mass is 478 g/mol. The molecule has 4 rings (SSSR count). The molecule has 1 amide bonds. The second-order valence-electron chi connectivity index (χ2n) is 10.00. The van der Waals surface area contributed by atoms with Crippen LogP contribution in [0.15, 0.2) is 48.5 Å². The maximum absolute atomic E-state index is 13.6.